The van der Waals surface area contributed by atoms with E-state index in [0.717, 1.165) is 8.99 Å². The van der Waals surface area contributed by atoms with E-state index in [1.807, 2.05) is 0 Å². The summed E-state index contributed by atoms with van der Waals surface area (Å²) in [5.74, 6) is -0.163. The fourth-order valence-electron chi connectivity index (χ4n) is 3.69. The van der Waals surface area contributed by atoms with Crippen molar-refractivity contribution in [3.8, 4) is 5.75 Å². The molecule has 0 aliphatic heterocycles. The van der Waals surface area contributed by atoms with Crippen LogP contribution in [0, 0.1) is 6.92 Å². The first-order chi connectivity index (χ1) is 17.7. The smallest absolute Gasteiger partial charge is 0.435 e. The summed E-state index contributed by atoms with van der Waals surface area (Å²) in [5, 5.41) is 7.64. The molecule has 11 nitrogen and oxygen atoms in total. The molecule has 1 N–H and O–H groups in total. The number of rotatable bonds is 8. The first-order valence-corrected chi connectivity index (χ1v) is 13.3. The minimum Gasteiger partial charge on any atom is -0.495 e. The second-order valence-corrected chi connectivity index (χ2v) is 12.0. The molecule has 0 saturated carbocycles. The topological polar surface area (TPSA) is 129 Å². The third-order valence-electron chi connectivity index (χ3n) is 5.30. The maximum atomic E-state index is 13.7. The molecule has 0 spiro atoms. The number of nitrogens with one attached hydrogen (secondary N) is 1. The number of amides is 1. The second kappa shape index (κ2) is 11.3. The Bertz CT molecular complexity index is 1480. The van der Waals surface area contributed by atoms with Crippen molar-refractivity contribution in [2.24, 2.45) is 0 Å². The van der Waals surface area contributed by atoms with Gasteiger partial charge in [0.15, 0.2) is 0 Å². The molecule has 13 heteroatoms. The number of aromatic nitrogens is 2. The lowest BCUT2D eigenvalue weighted by atomic mass is 10.1. The van der Waals surface area contributed by atoms with Gasteiger partial charge in [-0.3, -0.25) is 4.79 Å². The van der Waals surface area contributed by atoms with E-state index in [-0.39, 0.29) is 22.0 Å². The zero-order valence-corrected chi connectivity index (χ0v) is 23.9. The van der Waals surface area contributed by atoms with Gasteiger partial charge in [0.1, 0.15) is 21.8 Å². The van der Waals surface area contributed by atoms with Crippen LogP contribution in [0.3, 0.4) is 0 Å². The van der Waals surface area contributed by atoms with Gasteiger partial charge in [-0.2, -0.15) is 14.1 Å². The van der Waals surface area contributed by atoms with E-state index in [1.165, 1.54) is 33.4 Å². The maximum Gasteiger partial charge on any atom is 0.435 e. The highest BCUT2D eigenvalue weighted by Gasteiger charge is 2.31. The molecule has 0 radical (unpaired) electrons. The van der Waals surface area contributed by atoms with Gasteiger partial charge < -0.3 is 19.5 Å². The fraction of sp³-hybridized carbons (Fsp3) is 0.400. The lowest BCUT2D eigenvalue weighted by Gasteiger charge is -2.21. The number of carbonyl (C=O) groups is 2. The number of hydrogen-bond donors (Lipinski definition) is 1. The van der Waals surface area contributed by atoms with Crippen molar-refractivity contribution in [3.63, 3.8) is 0 Å². The first kappa shape index (κ1) is 29.4. The number of anilines is 1. The lowest BCUT2D eigenvalue weighted by molar-refractivity contribution is -0.116. The van der Waals surface area contributed by atoms with Gasteiger partial charge >= 0.3 is 6.09 Å². The quantitative estimate of drug-likeness (QED) is 0.429. The molecule has 0 aliphatic carbocycles. The van der Waals surface area contributed by atoms with Crippen LogP contribution in [-0.4, -0.2) is 67.9 Å². The summed E-state index contributed by atoms with van der Waals surface area (Å²) in [4.78, 5) is 25.5. The van der Waals surface area contributed by atoms with E-state index in [9.17, 15) is 18.0 Å². The monoisotopic (exact) mass is 566 g/mol. The van der Waals surface area contributed by atoms with Crippen LogP contribution in [-0.2, 0) is 30.9 Å². The van der Waals surface area contributed by atoms with Gasteiger partial charge in [-0.1, -0.05) is 11.6 Å². The van der Waals surface area contributed by atoms with Crippen molar-refractivity contribution in [1.82, 2.24) is 14.1 Å². The number of methoxy groups -OCH3 is 2. The van der Waals surface area contributed by atoms with E-state index < -0.39 is 34.2 Å². The number of nitrogens with zero attached hydrogens (tertiary/aromatic N) is 3. The maximum absolute atomic E-state index is 13.7. The molecule has 3 rings (SSSR count). The average Bonchev–Trinajstić information content (AvgIpc) is 3.16. The fourth-order valence-corrected chi connectivity index (χ4v) is 5.34. The number of carbonyl (C=O) groups excluding carboxylic acids is 2. The first-order valence-electron chi connectivity index (χ1n) is 11.5. The Morgan fingerprint density at radius 1 is 1.16 bits per heavy atom. The van der Waals surface area contributed by atoms with Crippen LogP contribution < -0.4 is 10.1 Å². The van der Waals surface area contributed by atoms with Crippen LogP contribution in [0.4, 0.5) is 10.5 Å². The van der Waals surface area contributed by atoms with Gasteiger partial charge in [0.25, 0.3) is 0 Å². The third-order valence-corrected chi connectivity index (χ3v) is 7.41. The van der Waals surface area contributed by atoms with Crippen LogP contribution in [0.25, 0.3) is 10.9 Å². The molecule has 0 aliphatic rings. The largest absolute Gasteiger partial charge is 0.495 e. The summed E-state index contributed by atoms with van der Waals surface area (Å²) < 4.78 is 45.1. The van der Waals surface area contributed by atoms with Crippen LogP contribution in [0.15, 0.2) is 35.2 Å². The third kappa shape index (κ3) is 6.44. The van der Waals surface area contributed by atoms with Crippen molar-refractivity contribution in [1.29, 1.82) is 0 Å². The highest BCUT2D eigenvalue weighted by Crippen LogP contribution is 2.31. The van der Waals surface area contributed by atoms with E-state index in [0.29, 0.717) is 28.1 Å². The van der Waals surface area contributed by atoms with Crippen molar-refractivity contribution in [3.05, 3.63) is 46.6 Å². The highest BCUT2D eigenvalue weighted by molar-refractivity contribution is 7.89. The molecule has 3 aromatic rings. The summed E-state index contributed by atoms with van der Waals surface area (Å²) >= 11 is 6.11. The van der Waals surface area contributed by atoms with E-state index >= 15 is 0 Å². The number of ether oxygens (including phenoxy) is 3. The van der Waals surface area contributed by atoms with Crippen LogP contribution in [0.5, 0.6) is 5.75 Å². The molecule has 0 atom stereocenters. The summed E-state index contributed by atoms with van der Waals surface area (Å²) in [6, 6.07) is 7.80. The predicted octanol–water partition coefficient (Wildman–Crippen LogP) is 4.20. The zero-order chi connectivity index (χ0) is 28.4. The number of aryl methyl sites for hydroxylation is 1. The normalized spacial score (nSPS) is 12.1. The summed E-state index contributed by atoms with van der Waals surface area (Å²) in [7, 11) is -0.0732. The molecule has 206 valence electrons. The molecular formula is C25H31ClN4O7S. The zero-order valence-electron chi connectivity index (χ0n) is 22.3. The van der Waals surface area contributed by atoms with Gasteiger partial charge in [-0.15, -0.1) is 0 Å². The number of fused-ring (bicyclic) bond motifs is 1. The van der Waals surface area contributed by atoms with E-state index in [4.69, 9.17) is 25.8 Å². The summed E-state index contributed by atoms with van der Waals surface area (Å²) in [5.41, 5.74) is 0.538. The molecular weight excluding hydrogens is 536 g/mol. The van der Waals surface area contributed by atoms with Crippen molar-refractivity contribution in [2.75, 3.05) is 33.1 Å². The molecule has 2 aromatic carbocycles. The molecule has 0 bridgehead atoms. The van der Waals surface area contributed by atoms with Crippen LogP contribution in [0.1, 0.15) is 32.0 Å². The summed E-state index contributed by atoms with van der Waals surface area (Å²) in [6.45, 7) is 6.33. The van der Waals surface area contributed by atoms with Gasteiger partial charge in [0, 0.05) is 25.2 Å². The molecule has 1 heterocycles. The highest BCUT2D eigenvalue weighted by atomic mass is 35.5. The van der Waals surface area contributed by atoms with Gasteiger partial charge in [-0.05, 0) is 63.6 Å². The van der Waals surface area contributed by atoms with Gasteiger partial charge in [0.05, 0.1) is 31.0 Å². The molecule has 1 aromatic heterocycles. The Balaban J connectivity index is 2.01. The Kier molecular flexibility index (Phi) is 8.72. The summed E-state index contributed by atoms with van der Waals surface area (Å²) in [6.07, 6.45) is -0.845. The Morgan fingerprint density at radius 3 is 2.42 bits per heavy atom. The standard InChI is InChI=1S/C25H31ClN4O7S/c1-15-10-17-19(14-35-6)28-30(24(32)37-25(2,3)4)23(17)21(11-15)38(33,34)29(5)13-22(31)27-16-8-9-20(36-7)18(26)12-16/h8-12H,13-14H2,1-7H3,(H,27,31). The van der Waals surface area contributed by atoms with Crippen molar-refractivity contribution < 1.29 is 32.2 Å². The van der Waals surface area contributed by atoms with E-state index in [1.54, 1.807) is 45.9 Å². The molecule has 1 amide bonds. The van der Waals surface area contributed by atoms with Crippen LogP contribution >= 0.6 is 11.6 Å². The number of halogens is 1. The molecule has 38 heavy (non-hydrogen) atoms. The molecule has 0 unspecified atom stereocenters. The number of sulfonamides is 1. The van der Waals surface area contributed by atoms with Gasteiger partial charge in [0.2, 0.25) is 15.9 Å². The predicted molar refractivity (Wildman–Crippen MR) is 143 cm³/mol. The average molecular weight is 567 g/mol. The second-order valence-electron chi connectivity index (χ2n) is 9.59. The Hall–Kier alpha value is -3.19. The molecule has 0 fully saturated rings. The molecule has 0 saturated heterocycles. The van der Waals surface area contributed by atoms with Crippen molar-refractivity contribution >= 4 is 50.2 Å². The Labute approximate surface area is 226 Å². The number of benzene rings is 2. The number of hydrogen-bond acceptors (Lipinski definition) is 8. The van der Waals surface area contributed by atoms with Crippen LogP contribution in [0.2, 0.25) is 5.02 Å². The minimum atomic E-state index is -4.28. The van der Waals surface area contributed by atoms with E-state index in [2.05, 4.69) is 10.4 Å². The number of likely N-dealkylation sites (N-methyl/N-ethyl adjacent to an activating group) is 1. The Morgan fingerprint density at radius 2 is 1.84 bits per heavy atom. The van der Waals surface area contributed by atoms with Crippen molar-refractivity contribution in [2.45, 2.75) is 44.8 Å². The SMILES string of the molecule is COCc1nn(C(=O)OC(C)(C)C)c2c(S(=O)(=O)N(C)CC(=O)Nc3ccc(OC)c(Cl)c3)cc(C)cc12. The van der Waals surface area contributed by atoms with Gasteiger partial charge in [-0.25, -0.2) is 13.2 Å². The minimum absolute atomic E-state index is 0.0334. The lowest BCUT2D eigenvalue weighted by Crippen LogP contribution is -2.35.